The van der Waals surface area contributed by atoms with Gasteiger partial charge >= 0.3 is 0 Å². The van der Waals surface area contributed by atoms with Crippen LogP contribution in [0.3, 0.4) is 0 Å². The molecule has 2 aromatic heterocycles. The predicted molar refractivity (Wildman–Crippen MR) is 113 cm³/mol. The molecule has 2 heterocycles. The fraction of sp³-hybridized carbons (Fsp3) is 0. The number of aromatic nitrogens is 2. The van der Waals surface area contributed by atoms with Crippen LogP contribution < -0.4 is 11.0 Å². The van der Waals surface area contributed by atoms with Gasteiger partial charge in [0.1, 0.15) is 5.82 Å². The Morgan fingerprint density at radius 1 is 1.07 bits per heavy atom. The highest BCUT2D eigenvalue weighted by Crippen LogP contribution is 2.25. The lowest BCUT2D eigenvalue weighted by Gasteiger charge is -2.12. The molecule has 0 bridgehead atoms. The second-order valence-electron chi connectivity index (χ2n) is 6.29. The Hall–Kier alpha value is -4.53. The van der Waals surface area contributed by atoms with Gasteiger partial charge in [-0.3, -0.25) is 20.3 Å². The first-order valence-corrected chi connectivity index (χ1v) is 8.88. The highest BCUT2D eigenvalue weighted by Gasteiger charge is 2.16. The van der Waals surface area contributed by atoms with Gasteiger partial charge < -0.3 is 5.11 Å². The van der Waals surface area contributed by atoms with E-state index in [4.69, 9.17) is 0 Å². The summed E-state index contributed by atoms with van der Waals surface area (Å²) in [6.45, 7) is 0. The van der Waals surface area contributed by atoms with E-state index in [1.807, 2.05) is 0 Å². The number of nitrogens with zero attached hydrogens (tertiary/aromatic N) is 4. The monoisotopic (exact) mass is 401 g/mol. The summed E-state index contributed by atoms with van der Waals surface area (Å²) in [5.74, 6) is -0.0472. The number of non-ortho nitro benzene ring substituents is 1. The molecule has 2 N–H and O–H groups in total. The molecule has 0 aliphatic heterocycles. The van der Waals surface area contributed by atoms with E-state index in [0.29, 0.717) is 22.0 Å². The van der Waals surface area contributed by atoms with Gasteiger partial charge in [0.05, 0.1) is 22.4 Å². The van der Waals surface area contributed by atoms with Gasteiger partial charge in [-0.05, 0) is 24.3 Å². The second kappa shape index (κ2) is 7.84. The number of nitrogens with one attached hydrogen (secondary N) is 1. The van der Waals surface area contributed by atoms with E-state index >= 15 is 0 Å². The number of hydrazone groups is 1. The van der Waals surface area contributed by atoms with E-state index in [1.165, 1.54) is 30.6 Å². The zero-order chi connectivity index (χ0) is 21.1. The topological polar surface area (TPSA) is 123 Å². The van der Waals surface area contributed by atoms with Crippen molar-refractivity contribution in [3.63, 3.8) is 0 Å². The van der Waals surface area contributed by atoms with Gasteiger partial charge in [-0.25, -0.2) is 9.55 Å². The van der Waals surface area contributed by atoms with E-state index in [9.17, 15) is 20.0 Å². The maximum atomic E-state index is 12.9. The van der Waals surface area contributed by atoms with E-state index in [1.54, 1.807) is 48.5 Å². The Morgan fingerprint density at radius 2 is 1.83 bits per heavy atom. The number of hydrogen-bond donors (Lipinski definition) is 2. The highest BCUT2D eigenvalue weighted by molar-refractivity contribution is 6.01. The standard InChI is InChI=1S/C21H15N5O4/c27-20-17-9-2-1-8-16(17)18(21(28)25(20)19-10-3-4-11-22-19)13-23-24-14-6-5-7-15(12-14)26(29)30/h1-13,24,28H/b23-13+. The Kier molecular flexibility index (Phi) is 4.92. The highest BCUT2D eigenvalue weighted by atomic mass is 16.6. The summed E-state index contributed by atoms with van der Waals surface area (Å²) < 4.78 is 1.11. The molecule has 30 heavy (non-hydrogen) atoms. The average Bonchev–Trinajstić information content (AvgIpc) is 2.77. The first kappa shape index (κ1) is 18.8. The number of hydrogen-bond acceptors (Lipinski definition) is 7. The van der Waals surface area contributed by atoms with Crippen LogP contribution in [0.25, 0.3) is 16.6 Å². The Bertz CT molecular complexity index is 1330. The predicted octanol–water partition coefficient (Wildman–Crippen LogP) is 3.45. The summed E-state index contributed by atoms with van der Waals surface area (Å²) >= 11 is 0. The lowest BCUT2D eigenvalue weighted by Crippen LogP contribution is -2.21. The maximum Gasteiger partial charge on any atom is 0.271 e. The molecule has 2 aromatic carbocycles. The van der Waals surface area contributed by atoms with Gasteiger partial charge in [0.15, 0.2) is 0 Å². The Labute approximate surface area is 169 Å². The smallest absolute Gasteiger partial charge is 0.271 e. The van der Waals surface area contributed by atoms with Gasteiger partial charge in [-0.15, -0.1) is 0 Å². The van der Waals surface area contributed by atoms with Gasteiger partial charge in [0.25, 0.3) is 11.2 Å². The summed E-state index contributed by atoms with van der Waals surface area (Å²) in [7, 11) is 0. The van der Waals surface area contributed by atoms with E-state index in [-0.39, 0.29) is 17.4 Å². The zero-order valence-electron chi connectivity index (χ0n) is 15.5. The second-order valence-corrected chi connectivity index (χ2v) is 6.29. The van der Waals surface area contributed by atoms with E-state index in [2.05, 4.69) is 15.5 Å². The van der Waals surface area contributed by atoms with E-state index < -0.39 is 10.5 Å². The number of anilines is 1. The van der Waals surface area contributed by atoms with Crippen molar-refractivity contribution in [3.8, 4) is 11.7 Å². The molecule has 0 saturated heterocycles. The van der Waals surface area contributed by atoms with Crippen molar-refractivity contribution in [2.75, 3.05) is 5.43 Å². The first-order chi connectivity index (χ1) is 14.6. The van der Waals surface area contributed by atoms with Crippen LogP contribution in [0.4, 0.5) is 11.4 Å². The lowest BCUT2D eigenvalue weighted by molar-refractivity contribution is -0.384. The Balaban J connectivity index is 1.81. The molecule has 0 radical (unpaired) electrons. The number of aromatic hydroxyl groups is 1. The lowest BCUT2D eigenvalue weighted by atomic mass is 10.1. The Morgan fingerprint density at radius 3 is 2.57 bits per heavy atom. The maximum absolute atomic E-state index is 12.9. The van der Waals surface area contributed by atoms with Crippen LogP contribution in [-0.2, 0) is 0 Å². The van der Waals surface area contributed by atoms with Gasteiger partial charge in [-0.2, -0.15) is 5.10 Å². The van der Waals surface area contributed by atoms with Crippen LogP contribution in [0.15, 0.2) is 82.8 Å². The van der Waals surface area contributed by atoms with Crippen LogP contribution in [0.1, 0.15) is 5.56 Å². The van der Waals surface area contributed by atoms with Crippen molar-refractivity contribution in [1.29, 1.82) is 0 Å². The van der Waals surface area contributed by atoms with E-state index in [0.717, 1.165) is 4.57 Å². The molecule has 0 aliphatic carbocycles. The number of rotatable bonds is 5. The molecule has 0 fully saturated rings. The number of nitro groups is 1. The number of fused-ring (bicyclic) bond motifs is 1. The summed E-state index contributed by atoms with van der Waals surface area (Å²) in [6.07, 6.45) is 2.88. The zero-order valence-corrected chi connectivity index (χ0v) is 15.5. The minimum atomic E-state index is -0.503. The molecule has 0 atom stereocenters. The van der Waals surface area contributed by atoms with Crippen LogP contribution in [0.5, 0.6) is 5.88 Å². The molecule has 4 rings (SSSR count). The van der Waals surface area contributed by atoms with Gasteiger partial charge in [0.2, 0.25) is 5.88 Å². The summed E-state index contributed by atoms with van der Waals surface area (Å²) in [5, 5.41) is 26.8. The van der Waals surface area contributed by atoms with Crippen LogP contribution in [0, 0.1) is 10.1 Å². The minimum absolute atomic E-state index is 0.0767. The first-order valence-electron chi connectivity index (χ1n) is 8.88. The third-order valence-corrected chi connectivity index (χ3v) is 4.43. The fourth-order valence-corrected chi connectivity index (χ4v) is 3.05. The largest absolute Gasteiger partial charge is 0.494 e. The summed E-state index contributed by atoms with van der Waals surface area (Å²) in [6, 6.07) is 17.7. The minimum Gasteiger partial charge on any atom is -0.494 e. The summed E-state index contributed by atoms with van der Waals surface area (Å²) in [5.41, 5.74) is 2.92. The normalized spacial score (nSPS) is 11.1. The van der Waals surface area contributed by atoms with Crippen molar-refractivity contribution in [2.24, 2.45) is 5.10 Å². The van der Waals surface area contributed by atoms with Gasteiger partial charge in [0, 0.05) is 29.1 Å². The molecular weight excluding hydrogens is 386 g/mol. The van der Waals surface area contributed by atoms with Crippen LogP contribution in [-0.4, -0.2) is 25.8 Å². The van der Waals surface area contributed by atoms with Crippen LogP contribution in [0.2, 0.25) is 0 Å². The molecule has 0 amide bonds. The number of nitro benzene ring substituents is 1. The molecular formula is C21H15N5O4. The average molecular weight is 401 g/mol. The van der Waals surface area contributed by atoms with Crippen molar-refractivity contribution in [3.05, 3.63) is 99.0 Å². The SMILES string of the molecule is O=c1c2ccccc2c(/C=N/Nc2cccc([N+](=O)[O-])c2)c(O)n1-c1ccccn1. The van der Waals surface area contributed by atoms with Gasteiger partial charge in [-0.1, -0.05) is 30.3 Å². The van der Waals surface area contributed by atoms with Crippen molar-refractivity contribution < 1.29 is 10.0 Å². The van der Waals surface area contributed by atoms with Crippen molar-refractivity contribution in [2.45, 2.75) is 0 Å². The summed E-state index contributed by atoms with van der Waals surface area (Å²) in [4.78, 5) is 27.5. The molecule has 0 spiro atoms. The molecule has 0 unspecified atom stereocenters. The molecule has 9 nitrogen and oxygen atoms in total. The molecule has 0 aliphatic rings. The van der Waals surface area contributed by atoms with Crippen LogP contribution >= 0.6 is 0 Å². The molecule has 4 aromatic rings. The molecule has 9 heteroatoms. The van der Waals surface area contributed by atoms with Crippen molar-refractivity contribution in [1.82, 2.24) is 9.55 Å². The van der Waals surface area contributed by atoms with Crippen molar-refractivity contribution >= 4 is 28.4 Å². The quantitative estimate of drug-likeness (QED) is 0.300. The third-order valence-electron chi connectivity index (χ3n) is 4.43. The fourth-order valence-electron chi connectivity index (χ4n) is 3.05. The molecule has 148 valence electrons. The number of pyridine rings is 2. The molecule has 0 saturated carbocycles. The third kappa shape index (κ3) is 3.47. The number of benzene rings is 2.